The molecule has 0 spiro atoms. The molecular formula is C23H25ClN4O4. The van der Waals surface area contributed by atoms with Gasteiger partial charge in [-0.2, -0.15) is 0 Å². The van der Waals surface area contributed by atoms with Gasteiger partial charge in [0.05, 0.1) is 12.8 Å². The third kappa shape index (κ3) is 4.23. The monoisotopic (exact) mass is 456 g/mol. The van der Waals surface area contributed by atoms with Gasteiger partial charge in [-0.3, -0.25) is 24.0 Å². The molecule has 9 heteroatoms. The summed E-state index contributed by atoms with van der Waals surface area (Å²) >= 11 is 6.33. The molecule has 0 bridgehead atoms. The van der Waals surface area contributed by atoms with Crippen molar-refractivity contribution in [2.24, 2.45) is 5.92 Å². The first kappa shape index (κ1) is 22.0. The number of anilines is 2. The van der Waals surface area contributed by atoms with Crippen LogP contribution in [-0.2, 0) is 17.9 Å². The number of benzene rings is 1. The van der Waals surface area contributed by atoms with Gasteiger partial charge in [-0.1, -0.05) is 43.1 Å². The molecule has 2 unspecified atom stereocenters. The van der Waals surface area contributed by atoms with Crippen molar-refractivity contribution >= 4 is 29.0 Å². The number of nitrogens with two attached hydrogens (primary N) is 1. The number of furan rings is 1. The van der Waals surface area contributed by atoms with E-state index in [2.05, 4.69) is 4.98 Å². The number of nitrogens with one attached hydrogen (secondary N) is 1. The lowest BCUT2D eigenvalue weighted by Gasteiger charge is -2.24. The fourth-order valence-corrected chi connectivity index (χ4v) is 4.27. The number of aromatic nitrogens is 2. The Morgan fingerprint density at radius 2 is 2.06 bits per heavy atom. The van der Waals surface area contributed by atoms with Crippen molar-refractivity contribution in [3.8, 4) is 0 Å². The van der Waals surface area contributed by atoms with Crippen LogP contribution in [0.3, 0.4) is 0 Å². The first-order valence-electron chi connectivity index (χ1n) is 10.6. The van der Waals surface area contributed by atoms with Crippen molar-refractivity contribution < 1.29 is 9.21 Å². The van der Waals surface area contributed by atoms with E-state index in [1.807, 2.05) is 25.1 Å². The largest absolute Gasteiger partial charge is 0.467 e. The highest BCUT2D eigenvalue weighted by Gasteiger charge is 2.47. The molecule has 0 saturated heterocycles. The minimum Gasteiger partial charge on any atom is -0.467 e. The van der Waals surface area contributed by atoms with E-state index in [0.717, 1.165) is 12.0 Å². The fourth-order valence-electron chi connectivity index (χ4n) is 3.99. The quantitative estimate of drug-likeness (QED) is 0.538. The Labute approximate surface area is 189 Å². The zero-order valence-corrected chi connectivity index (χ0v) is 18.5. The van der Waals surface area contributed by atoms with Crippen molar-refractivity contribution in [2.75, 3.05) is 10.6 Å². The second-order valence-corrected chi connectivity index (χ2v) is 8.38. The molecule has 1 fully saturated rings. The van der Waals surface area contributed by atoms with Gasteiger partial charge in [0.1, 0.15) is 11.6 Å². The summed E-state index contributed by atoms with van der Waals surface area (Å²) in [5, 5.41) is 0.607. The summed E-state index contributed by atoms with van der Waals surface area (Å²) < 4.78 is 6.74. The molecule has 168 valence electrons. The molecule has 1 saturated carbocycles. The molecule has 3 N–H and O–H groups in total. The van der Waals surface area contributed by atoms with Gasteiger partial charge in [0.15, 0.2) is 5.69 Å². The number of H-pyrrole nitrogens is 1. The van der Waals surface area contributed by atoms with Gasteiger partial charge in [-0.05, 0) is 42.5 Å². The Hall–Kier alpha value is -3.26. The van der Waals surface area contributed by atoms with Gasteiger partial charge in [0.2, 0.25) is 5.91 Å². The number of aromatic amines is 1. The molecule has 1 aliphatic rings. The van der Waals surface area contributed by atoms with Gasteiger partial charge >= 0.3 is 5.69 Å². The van der Waals surface area contributed by atoms with Crippen LogP contribution in [0.15, 0.2) is 56.7 Å². The van der Waals surface area contributed by atoms with Crippen LogP contribution in [0.25, 0.3) is 0 Å². The van der Waals surface area contributed by atoms with Crippen LogP contribution in [0, 0.1) is 5.92 Å². The van der Waals surface area contributed by atoms with Crippen LogP contribution in [0.2, 0.25) is 5.02 Å². The number of amides is 1. The third-order valence-corrected chi connectivity index (χ3v) is 6.14. The summed E-state index contributed by atoms with van der Waals surface area (Å²) in [6.07, 6.45) is 3.66. The van der Waals surface area contributed by atoms with Crippen LogP contribution in [0.4, 0.5) is 11.5 Å². The second-order valence-electron chi connectivity index (χ2n) is 7.97. The summed E-state index contributed by atoms with van der Waals surface area (Å²) in [5.41, 5.74) is 5.86. The minimum absolute atomic E-state index is 0.0246. The highest BCUT2D eigenvalue weighted by atomic mass is 35.5. The Bertz CT molecular complexity index is 1230. The molecule has 2 aromatic heterocycles. The van der Waals surface area contributed by atoms with Crippen LogP contribution in [0.5, 0.6) is 0 Å². The standard InChI is InChI=1S/C23H25ClN4O4/c1-2-3-10-27-20(25)19(21(29)26-23(27)31)28(13-14-7-6-11-32-14)22(30)17-12-16(17)15-8-4-5-9-18(15)24/h4-9,11,16-17H,2-3,10,12-13,25H2,1H3,(H,26,29,31). The Balaban J connectivity index is 1.72. The lowest BCUT2D eigenvalue weighted by atomic mass is 10.1. The molecule has 0 aliphatic heterocycles. The molecule has 8 nitrogen and oxygen atoms in total. The highest BCUT2D eigenvalue weighted by Crippen LogP contribution is 2.51. The smallest absolute Gasteiger partial charge is 0.330 e. The summed E-state index contributed by atoms with van der Waals surface area (Å²) in [7, 11) is 0. The van der Waals surface area contributed by atoms with Gasteiger partial charge < -0.3 is 10.2 Å². The van der Waals surface area contributed by atoms with E-state index >= 15 is 0 Å². The Morgan fingerprint density at radius 3 is 2.75 bits per heavy atom. The summed E-state index contributed by atoms with van der Waals surface area (Å²) in [5.74, 6) is -0.175. The summed E-state index contributed by atoms with van der Waals surface area (Å²) in [4.78, 5) is 42.4. The van der Waals surface area contributed by atoms with Gasteiger partial charge in [-0.15, -0.1) is 0 Å². The molecule has 2 heterocycles. The number of hydrogen-bond donors (Lipinski definition) is 2. The fraction of sp³-hybridized carbons (Fsp3) is 0.348. The van der Waals surface area contributed by atoms with Gasteiger partial charge in [0.25, 0.3) is 5.56 Å². The van der Waals surface area contributed by atoms with Crippen LogP contribution >= 0.6 is 11.6 Å². The first-order valence-corrected chi connectivity index (χ1v) is 11.0. The molecule has 1 aliphatic carbocycles. The van der Waals surface area contributed by atoms with E-state index in [1.54, 1.807) is 18.2 Å². The SMILES string of the molecule is CCCCn1c(N)c(N(Cc2ccco2)C(=O)C2CC2c2ccccc2Cl)c(=O)[nH]c1=O. The maximum Gasteiger partial charge on any atom is 0.330 e. The van der Waals surface area contributed by atoms with Crippen LogP contribution < -0.4 is 21.9 Å². The number of carbonyl (C=O) groups excluding carboxylic acids is 1. The number of nitrogens with zero attached hydrogens (tertiary/aromatic N) is 2. The van der Waals surface area contributed by atoms with Crippen molar-refractivity contribution in [3.63, 3.8) is 0 Å². The predicted octanol–water partition coefficient (Wildman–Crippen LogP) is 3.50. The molecule has 32 heavy (non-hydrogen) atoms. The number of hydrogen-bond acceptors (Lipinski definition) is 5. The molecular weight excluding hydrogens is 432 g/mol. The zero-order valence-electron chi connectivity index (χ0n) is 17.7. The van der Waals surface area contributed by atoms with Crippen LogP contribution in [0.1, 0.15) is 43.4 Å². The topological polar surface area (TPSA) is 114 Å². The molecule has 3 aromatic rings. The maximum absolute atomic E-state index is 13.6. The van der Waals surface area contributed by atoms with E-state index in [9.17, 15) is 14.4 Å². The first-order chi connectivity index (χ1) is 15.4. The molecule has 4 rings (SSSR count). The van der Waals surface area contributed by atoms with E-state index in [1.165, 1.54) is 15.7 Å². The Morgan fingerprint density at radius 1 is 1.28 bits per heavy atom. The van der Waals surface area contributed by atoms with Crippen molar-refractivity contribution in [2.45, 2.75) is 45.2 Å². The van der Waals surface area contributed by atoms with Crippen molar-refractivity contribution in [1.82, 2.24) is 9.55 Å². The van der Waals surface area contributed by atoms with E-state index in [0.29, 0.717) is 30.2 Å². The zero-order chi connectivity index (χ0) is 22.8. The van der Waals surface area contributed by atoms with Crippen molar-refractivity contribution in [1.29, 1.82) is 0 Å². The second kappa shape index (κ2) is 9.08. The van der Waals surface area contributed by atoms with Crippen molar-refractivity contribution in [3.05, 3.63) is 79.8 Å². The van der Waals surface area contributed by atoms with E-state index in [-0.39, 0.29) is 35.8 Å². The van der Waals surface area contributed by atoms with E-state index in [4.69, 9.17) is 21.8 Å². The third-order valence-electron chi connectivity index (χ3n) is 5.79. The average molecular weight is 457 g/mol. The minimum atomic E-state index is -0.699. The number of carbonyl (C=O) groups is 1. The number of rotatable bonds is 8. The lowest BCUT2D eigenvalue weighted by Crippen LogP contribution is -2.41. The van der Waals surface area contributed by atoms with Gasteiger partial charge in [-0.25, -0.2) is 4.79 Å². The normalized spacial score (nSPS) is 17.3. The van der Waals surface area contributed by atoms with Crippen LogP contribution in [-0.4, -0.2) is 15.5 Å². The number of nitrogen functional groups attached to an aromatic ring is 1. The summed E-state index contributed by atoms with van der Waals surface area (Å²) in [6.45, 7) is 2.36. The molecule has 1 aromatic carbocycles. The molecule has 2 atom stereocenters. The number of unbranched alkanes of at least 4 members (excludes halogenated alkanes) is 1. The van der Waals surface area contributed by atoms with E-state index < -0.39 is 11.2 Å². The Kier molecular flexibility index (Phi) is 6.23. The lowest BCUT2D eigenvalue weighted by molar-refractivity contribution is -0.120. The molecule has 0 radical (unpaired) electrons. The highest BCUT2D eigenvalue weighted by molar-refractivity contribution is 6.31. The predicted molar refractivity (Wildman–Crippen MR) is 123 cm³/mol. The average Bonchev–Trinajstić information content (AvgIpc) is 3.38. The maximum atomic E-state index is 13.6. The van der Waals surface area contributed by atoms with Gasteiger partial charge in [0, 0.05) is 17.5 Å². The summed E-state index contributed by atoms with van der Waals surface area (Å²) in [6, 6.07) is 10.8. The number of halogens is 1. The molecule has 1 amide bonds.